The number of hydrogen-bond donors (Lipinski definition) is 3. The number of nitrogens with one attached hydrogen (secondary N) is 2. The van der Waals surface area contributed by atoms with Crippen LogP contribution >= 0.6 is 0 Å². The van der Waals surface area contributed by atoms with E-state index in [-0.39, 0.29) is 37.1 Å². The van der Waals surface area contributed by atoms with E-state index in [1.807, 2.05) is 13.8 Å². The van der Waals surface area contributed by atoms with Crippen molar-refractivity contribution in [2.75, 3.05) is 6.54 Å². The Bertz CT molecular complexity index is 984. The Morgan fingerprint density at radius 3 is 2.10 bits per heavy atom. The molecule has 4 atom stereocenters. The third kappa shape index (κ3) is 8.60. The normalized spacial score (nSPS) is 24.8. The predicted octanol–water partition coefficient (Wildman–Crippen LogP) is 2.92. The molecule has 1 saturated heterocycles. The highest BCUT2D eigenvalue weighted by Gasteiger charge is 2.47. The molecule has 0 aromatic carbocycles. The molecule has 40 heavy (non-hydrogen) atoms. The second-order valence-electron chi connectivity index (χ2n) is 13.0. The van der Waals surface area contributed by atoms with Gasteiger partial charge in [-0.15, -0.1) is 0 Å². The molecule has 0 spiro atoms. The lowest BCUT2D eigenvalue weighted by Crippen LogP contribution is -2.58. The van der Waals surface area contributed by atoms with Crippen LogP contribution in [-0.2, 0) is 23.9 Å². The molecule has 4 N–H and O–H groups in total. The standard InChI is InChI=1S/C28H44F2N4O6/c1-15(2)18-13-20(24(37)32-19(12-16-6-7-16)22(35)23(31)36)34(14-18)25(38)21(33-26(39)40-27(3,4)5)17-8-10-28(29,30)11-9-17/h15-21H,6-14H2,1-5H3,(H2,31,36)(H,32,37)(H,33,39)/t18-,19+,20+,21+/m1/s1. The van der Waals surface area contributed by atoms with Crippen LogP contribution in [0.1, 0.15) is 86.0 Å². The highest BCUT2D eigenvalue weighted by atomic mass is 19.3. The molecule has 0 unspecified atom stereocenters. The van der Waals surface area contributed by atoms with Gasteiger partial charge in [0.1, 0.15) is 17.7 Å². The third-order valence-electron chi connectivity index (χ3n) is 8.18. The van der Waals surface area contributed by atoms with Crippen LogP contribution in [-0.4, -0.2) is 70.7 Å². The third-order valence-corrected chi connectivity index (χ3v) is 8.18. The van der Waals surface area contributed by atoms with Crippen molar-refractivity contribution in [3.63, 3.8) is 0 Å². The summed E-state index contributed by atoms with van der Waals surface area (Å²) in [6.07, 6.45) is 0.768. The van der Waals surface area contributed by atoms with Gasteiger partial charge in [-0.25, -0.2) is 13.6 Å². The number of nitrogens with zero attached hydrogens (tertiary/aromatic N) is 1. The van der Waals surface area contributed by atoms with Gasteiger partial charge in [-0.05, 0) is 70.1 Å². The molecule has 2 saturated carbocycles. The van der Waals surface area contributed by atoms with E-state index in [1.54, 1.807) is 20.8 Å². The maximum absolute atomic E-state index is 14.1. The molecule has 1 heterocycles. The Balaban J connectivity index is 1.85. The van der Waals surface area contributed by atoms with Gasteiger partial charge in [-0.1, -0.05) is 26.7 Å². The SMILES string of the molecule is CC(C)[C@@H]1C[C@@H](C(=O)N[C@@H](CC2CC2)C(=O)C(N)=O)N(C(=O)[C@@H](NC(=O)OC(C)(C)C)C2CCC(F)(F)CC2)C1. The fraction of sp³-hybridized carbons (Fsp3) is 0.821. The number of hydrogen-bond acceptors (Lipinski definition) is 6. The van der Waals surface area contributed by atoms with Gasteiger partial charge in [-0.2, -0.15) is 0 Å². The molecule has 10 nitrogen and oxygen atoms in total. The molecular formula is C28H44F2N4O6. The van der Waals surface area contributed by atoms with E-state index in [0.717, 1.165) is 12.8 Å². The molecule has 0 aromatic heterocycles. The molecule has 2 aliphatic carbocycles. The number of likely N-dealkylation sites (tertiary alicyclic amines) is 1. The number of alkyl halides is 2. The molecule has 3 rings (SSSR count). The average Bonchev–Trinajstić information content (AvgIpc) is 3.53. The van der Waals surface area contributed by atoms with Crippen molar-refractivity contribution in [3.8, 4) is 0 Å². The van der Waals surface area contributed by atoms with Gasteiger partial charge in [-0.3, -0.25) is 19.2 Å². The first-order valence-electron chi connectivity index (χ1n) is 14.3. The first kappa shape index (κ1) is 31.7. The van der Waals surface area contributed by atoms with Gasteiger partial charge in [0, 0.05) is 19.4 Å². The van der Waals surface area contributed by atoms with E-state index >= 15 is 0 Å². The van der Waals surface area contributed by atoms with Crippen molar-refractivity contribution in [3.05, 3.63) is 0 Å². The smallest absolute Gasteiger partial charge is 0.408 e. The summed E-state index contributed by atoms with van der Waals surface area (Å²) in [5.41, 5.74) is 4.37. The molecule has 4 amide bonds. The molecule has 12 heteroatoms. The summed E-state index contributed by atoms with van der Waals surface area (Å²) in [6, 6.07) is -3.21. The van der Waals surface area contributed by atoms with Crippen molar-refractivity contribution in [2.24, 2.45) is 29.4 Å². The quantitative estimate of drug-likeness (QED) is 0.344. The minimum Gasteiger partial charge on any atom is -0.444 e. The van der Waals surface area contributed by atoms with E-state index in [9.17, 15) is 32.8 Å². The van der Waals surface area contributed by atoms with E-state index in [0.29, 0.717) is 12.8 Å². The zero-order valence-corrected chi connectivity index (χ0v) is 24.1. The van der Waals surface area contributed by atoms with Crippen LogP contribution in [0.25, 0.3) is 0 Å². The fourth-order valence-corrected chi connectivity index (χ4v) is 5.59. The van der Waals surface area contributed by atoms with Gasteiger partial charge in [0.25, 0.3) is 5.91 Å². The summed E-state index contributed by atoms with van der Waals surface area (Å²) in [6.45, 7) is 9.18. The van der Waals surface area contributed by atoms with E-state index in [1.165, 1.54) is 4.90 Å². The number of rotatable bonds is 10. The summed E-state index contributed by atoms with van der Waals surface area (Å²) >= 11 is 0. The van der Waals surface area contributed by atoms with Crippen LogP contribution in [0.2, 0.25) is 0 Å². The zero-order chi connectivity index (χ0) is 30.0. The molecule has 3 fully saturated rings. The summed E-state index contributed by atoms with van der Waals surface area (Å²) in [5.74, 6) is -6.28. The summed E-state index contributed by atoms with van der Waals surface area (Å²) < 4.78 is 33.3. The second kappa shape index (κ2) is 12.4. The molecule has 0 radical (unpaired) electrons. The van der Waals surface area contributed by atoms with E-state index in [4.69, 9.17) is 10.5 Å². The second-order valence-corrected chi connectivity index (χ2v) is 13.0. The number of amides is 4. The number of ketones is 1. The topological polar surface area (TPSA) is 148 Å². The number of primary amides is 1. The van der Waals surface area contributed by atoms with Crippen LogP contribution < -0.4 is 16.4 Å². The molecule has 3 aliphatic rings. The number of Topliss-reactive ketones (excluding diaryl/α,β-unsaturated/α-hetero) is 1. The van der Waals surface area contributed by atoms with Crippen molar-refractivity contribution in [1.29, 1.82) is 0 Å². The molecule has 0 aromatic rings. The Hall–Kier alpha value is -2.79. The van der Waals surface area contributed by atoms with E-state index < -0.39 is 78.0 Å². The average molecular weight is 571 g/mol. The number of carbonyl (C=O) groups excluding carboxylic acids is 5. The maximum atomic E-state index is 14.1. The molecular weight excluding hydrogens is 526 g/mol. The van der Waals surface area contributed by atoms with Crippen LogP contribution in [0.4, 0.5) is 13.6 Å². The minimum absolute atomic E-state index is 0.0219. The minimum atomic E-state index is -2.83. The monoisotopic (exact) mass is 570 g/mol. The maximum Gasteiger partial charge on any atom is 0.408 e. The van der Waals surface area contributed by atoms with Gasteiger partial charge < -0.3 is 26.0 Å². The van der Waals surface area contributed by atoms with Crippen molar-refractivity contribution < 1.29 is 37.5 Å². The van der Waals surface area contributed by atoms with Crippen molar-refractivity contribution in [1.82, 2.24) is 15.5 Å². The fourth-order valence-electron chi connectivity index (χ4n) is 5.59. The summed E-state index contributed by atoms with van der Waals surface area (Å²) in [7, 11) is 0. The largest absolute Gasteiger partial charge is 0.444 e. The first-order chi connectivity index (χ1) is 18.5. The molecule has 226 valence electrons. The molecule has 1 aliphatic heterocycles. The lowest BCUT2D eigenvalue weighted by atomic mass is 9.81. The molecule has 0 bridgehead atoms. The van der Waals surface area contributed by atoms with Gasteiger partial charge in [0.15, 0.2) is 0 Å². The van der Waals surface area contributed by atoms with Crippen LogP contribution in [0.5, 0.6) is 0 Å². The number of nitrogens with two attached hydrogens (primary N) is 1. The Morgan fingerprint density at radius 1 is 1.00 bits per heavy atom. The predicted molar refractivity (Wildman–Crippen MR) is 142 cm³/mol. The first-order valence-corrected chi connectivity index (χ1v) is 14.3. The lowest BCUT2D eigenvalue weighted by molar-refractivity contribution is -0.143. The van der Waals surface area contributed by atoms with Gasteiger partial charge in [0.05, 0.1) is 6.04 Å². The highest BCUT2D eigenvalue weighted by Crippen LogP contribution is 2.39. The van der Waals surface area contributed by atoms with Crippen LogP contribution in [0.3, 0.4) is 0 Å². The van der Waals surface area contributed by atoms with Crippen molar-refractivity contribution in [2.45, 2.75) is 116 Å². The van der Waals surface area contributed by atoms with Crippen LogP contribution in [0.15, 0.2) is 0 Å². The van der Waals surface area contributed by atoms with Gasteiger partial charge >= 0.3 is 6.09 Å². The number of carbonyl (C=O) groups is 5. The zero-order valence-electron chi connectivity index (χ0n) is 24.1. The number of halogens is 2. The highest BCUT2D eigenvalue weighted by molar-refractivity contribution is 6.37. The van der Waals surface area contributed by atoms with Crippen LogP contribution in [0, 0.1) is 23.7 Å². The summed E-state index contributed by atoms with van der Waals surface area (Å²) in [5, 5.41) is 5.28. The summed E-state index contributed by atoms with van der Waals surface area (Å²) in [4.78, 5) is 65.8. The Kier molecular flexibility index (Phi) is 9.82. The number of alkyl carbamates (subject to hydrolysis) is 1. The lowest BCUT2D eigenvalue weighted by Gasteiger charge is -2.36. The van der Waals surface area contributed by atoms with E-state index in [2.05, 4.69) is 10.6 Å². The number of ether oxygens (including phenoxy) is 1. The van der Waals surface area contributed by atoms with Crippen molar-refractivity contribution >= 4 is 29.6 Å². The Labute approximate surface area is 234 Å². The van der Waals surface area contributed by atoms with Gasteiger partial charge in [0.2, 0.25) is 23.5 Å². The Morgan fingerprint density at radius 2 is 1.60 bits per heavy atom.